The summed E-state index contributed by atoms with van der Waals surface area (Å²) in [6, 6.07) is 16.9. The molecular formula is C19H22OSe. The molecule has 1 atom stereocenters. The summed E-state index contributed by atoms with van der Waals surface area (Å²) in [7, 11) is 0. The van der Waals surface area contributed by atoms with E-state index in [0.29, 0.717) is 6.61 Å². The summed E-state index contributed by atoms with van der Waals surface area (Å²) in [4.78, 5) is 0. The molecule has 0 fully saturated rings. The topological polar surface area (TPSA) is 9.23 Å². The zero-order valence-electron chi connectivity index (χ0n) is 12.9. The summed E-state index contributed by atoms with van der Waals surface area (Å²) in [5, 5.41) is 0. The van der Waals surface area contributed by atoms with Crippen molar-refractivity contribution in [2.45, 2.75) is 26.9 Å². The van der Waals surface area contributed by atoms with Crippen molar-refractivity contribution in [3.63, 3.8) is 0 Å². The van der Waals surface area contributed by atoms with Crippen LogP contribution in [0, 0.1) is 13.8 Å². The first-order valence-corrected chi connectivity index (χ1v) is 8.94. The summed E-state index contributed by atoms with van der Waals surface area (Å²) in [5.74, 6) is 0. The molecule has 21 heavy (non-hydrogen) atoms. The summed E-state index contributed by atoms with van der Waals surface area (Å²) in [6.45, 7) is 11.4. The molecule has 0 bridgehead atoms. The molecule has 0 amide bonds. The monoisotopic (exact) mass is 346 g/mol. The van der Waals surface area contributed by atoms with Crippen molar-refractivity contribution in [2.24, 2.45) is 0 Å². The Labute approximate surface area is 134 Å². The van der Waals surface area contributed by atoms with Crippen LogP contribution in [-0.4, -0.2) is 21.6 Å². The second kappa shape index (κ2) is 7.61. The molecule has 0 saturated heterocycles. The molecule has 0 aliphatic carbocycles. The molecule has 0 aliphatic heterocycles. The standard InChI is InChI=1S/C19H22OSe/c1-5-20-19(18-14(2)10-9-11-15(18)3)16(4)21-17-12-7-6-8-13-17/h6-13,19H,4-5H2,1-3H3. The molecular weight excluding hydrogens is 323 g/mol. The molecule has 2 aromatic rings. The number of hydrogen-bond donors (Lipinski definition) is 0. The van der Waals surface area contributed by atoms with E-state index in [0.717, 1.165) is 0 Å². The molecule has 0 spiro atoms. The Kier molecular flexibility index (Phi) is 5.81. The Morgan fingerprint density at radius 1 is 1.05 bits per heavy atom. The Hall–Kier alpha value is -1.34. The van der Waals surface area contributed by atoms with Gasteiger partial charge in [0.25, 0.3) is 0 Å². The summed E-state index contributed by atoms with van der Waals surface area (Å²) < 4.78 is 8.55. The summed E-state index contributed by atoms with van der Waals surface area (Å²) >= 11 is 0.218. The average Bonchev–Trinajstić information content (AvgIpc) is 2.47. The van der Waals surface area contributed by atoms with Crippen molar-refractivity contribution < 1.29 is 4.74 Å². The molecule has 2 heteroatoms. The van der Waals surface area contributed by atoms with Crippen molar-refractivity contribution >= 4 is 19.4 Å². The zero-order valence-corrected chi connectivity index (χ0v) is 14.6. The van der Waals surface area contributed by atoms with Gasteiger partial charge in [-0.25, -0.2) is 0 Å². The van der Waals surface area contributed by atoms with E-state index in [1.165, 1.54) is 25.6 Å². The van der Waals surface area contributed by atoms with E-state index in [4.69, 9.17) is 4.74 Å². The van der Waals surface area contributed by atoms with E-state index in [9.17, 15) is 0 Å². The molecule has 0 saturated carbocycles. The number of benzene rings is 2. The van der Waals surface area contributed by atoms with Crippen LogP contribution in [0.5, 0.6) is 0 Å². The number of rotatable bonds is 6. The Balaban J connectivity index is 2.28. The van der Waals surface area contributed by atoms with Gasteiger partial charge in [-0.2, -0.15) is 0 Å². The van der Waals surface area contributed by atoms with E-state index < -0.39 is 0 Å². The fourth-order valence-corrected chi connectivity index (χ4v) is 4.30. The summed E-state index contributed by atoms with van der Waals surface area (Å²) in [6.07, 6.45) is -0.00333. The predicted octanol–water partition coefficient (Wildman–Crippen LogP) is 3.92. The van der Waals surface area contributed by atoms with Crippen LogP contribution in [-0.2, 0) is 4.74 Å². The van der Waals surface area contributed by atoms with E-state index >= 15 is 0 Å². The van der Waals surface area contributed by atoms with Gasteiger partial charge < -0.3 is 0 Å². The first-order valence-electron chi connectivity index (χ1n) is 7.23. The van der Waals surface area contributed by atoms with Crippen LogP contribution in [0.4, 0.5) is 0 Å². The molecule has 0 radical (unpaired) electrons. The van der Waals surface area contributed by atoms with Crippen LogP contribution < -0.4 is 4.46 Å². The minimum absolute atomic E-state index is 0.00333. The first kappa shape index (κ1) is 16.0. The first-order chi connectivity index (χ1) is 10.1. The van der Waals surface area contributed by atoms with Gasteiger partial charge in [0, 0.05) is 0 Å². The van der Waals surface area contributed by atoms with Gasteiger partial charge in [0.15, 0.2) is 0 Å². The molecule has 2 rings (SSSR count). The average molecular weight is 345 g/mol. The van der Waals surface area contributed by atoms with Crippen molar-refractivity contribution in [1.82, 2.24) is 0 Å². The van der Waals surface area contributed by atoms with Gasteiger partial charge in [0.1, 0.15) is 0 Å². The van der Waals surface area contributed by atoms with Gasteiger partial charge in [0.05, 0.1) is 0 Å². The number of ether oxygens (including phenoxy) is 1. The third kappa shape index (κ3) is 4.07. The molecule has 0 N–H and O–H groups in total. The third-order valence-electron chi connectivity index (χ3n) is 3.42. The Morgan fingerprint density at radius 2 is 1.67 bits per heavy atom. The van der Waals surface area contributed by atoms with Crippen LogP contribution in [0.3, 0.4) is 0 Å². The third-order valence-corrected chi connectivity index (χ3v) is 5.49. The van der Waals surface area contributed by atoms with E-state index in [1.807, 2.05) is 13.0 Å². The maximum absolute atomic E-state index is 6.04. The Morgan fingerprint density at radius 3 is 2.24 bits per heavy atom. The molecule has 0 aliphatic rings. The zero-order chi connectivity index (χ0) is 15.2. The van der Waals surface area contributed by atoms with E-state index in [1.54, 1.807) is 0 Å². The molecule has 1 nitrogen and oxygen atoms in total. The van der Waals surface area contributed by atoms with Gasteiger partial charge in [-0.1, -0.05) is 0 Å². The predicted molar refractivity (Wildman–Crippen MR) is 91.3 cm³/mol. The van der Waals surface area contributed by atoms with Crippen LogP contribution >= 0.6 is 0 Å². The van der Waals surface area contributed by atoms with E-state index in [2.05, 4.69) is 62.9 Å². The van der Waals surface area contributed by atoms with Gasteiger partial charge in [-0.15, -0.1) is 0 Å². The number of aryl methyl sites for hydroxylation is 2. The van der Waals surface area contributed by atoms with Gasteiger partial charge in [0.2, 0.25) is 0 Å². The normalized spacial score (nSPS) is 12.1. The molecule has 0 heterocycles. The fourth-order valence-electron chi connectivity index (χ4n) is 2.44. The van der Waals surface area contributed by atoms with Gasteiger partial charge in [-0.05, 0) is 0 Å². The fraction of sp³-hybridized carbons (Fsp3) is 0.263. The van der Waals surface area contributed by atoms with Gasteiger partial charge in [-0.3, -0.25) is 0 Å². The quantitative estimate of drug-likeness (QED) is 0.721. The van der Waals surface area contributed by atoms with Gasteiger partial charge >= 0.3 is 134 Å². The Bertz CT molecular complexity index is 584. The second-order valence-electron chi connectivity index (χ2n) is 5.02. The SMILES string of the molecule is C=C([Se]c1ccccc1)C(OCC)c1c(C)cccc1C. The maximum atomic E-state index is 6.04. The van der Waals surface area contributed by atoms with Crippen LogP contribution in [0.1, 0.15) is 29.7 Å². The van der Waals surface area contributed by atoms with Crippen LogP contribution in [0.25, 0.3) is 0 Å². The van der Waals surface area contributed by atoms with Crippen molar-refractivity contribution in [3.8, 4) is 0 Å². The van der Waals surface area contributed by atoms with Crippen molar-refractivity contribution in [2.75, 3.05) is 6.61 Å². The summed E-state index contributed by atoms with van der Waals surface area (Å²) in [5.41, 5.74) is 3.83. The van der Waals surface area contributed by atoms with Crippen LogP contribution in [0.15, 0.2) is 59.6 Å². The molecule has 2 aromatic carbocycles. The molecule has 1 unspecified atom stereocenters. The number of hydrogen-bond acceptors (Lipinski definition) is 1. The van der Waals surface area contributed by atoms with E-state index in [-0.39, 0.29) is 21.1 Å². The second-order valence-corrected chi connectivity index (χ2v) is 7.54. The van der Waals surface area contributed by atoms with Crippen molar-refractivity contribution in [3.05, 3.63) is 76.3 Å². The molecule has 0 aromatic heterocycles. The van der Waals surface area contributed by atoms with Crippen molar-refractivity contribution in [1.29, 1.82) is 0 Å². The minimum atomic E-state index is -0.00333. The molecule has 110 valence electrons. The van der Waals surface area contributed by atoms with Crippen LogP contribution in [0.2, 0.25) is 0 Å².